The molecule has 1 aromatic carbocycles. The number of ketones is 1. The number of aryl methyl sites for hydroxylation is 1. The molecule has 0 heterocycles. The highest BCUT2D eigenvalue weighted by atomic mass is 16.1. The zero-order chi connectivity index (χ0) is 10.7. The molecule has 0 N–H and O–H groups in total. The minimum Gasteiger partial charge on any atom is -0.300 e. The first kappa shape index (κ1) is 14.4. The lowest BCUT2D eigenvalue weighted by Gasteiger charge is -1.82. The van der Waals surface area contributed by atoms with Crippen molar-refractivity contribution < 1.29 is 4.79 Å². The second kappa shape index (κ2) is 10.9. The number of hydrogen-bond donors (Lipinski definition) is 0. The van der Waals surface area contributed by atoms with Crippen LogP contribution in [0.25, 0.3) is 0 Å². The van der Waals surface area contributed by atoms with Gasteiger partial charge in [0.05, 0.1) is 0 Å². The average Bonchev–Trinajstić information content (AvgIpc) is 2.08. The Morgan fingerprint density at radius 1 is 1.00 bits per heavy atom. The topological polar surface area (TPSA) is 17.1 Å². The van der Waals surface area contributed by atoms with E-state index in [9.17, 15) is 4.79 Å². The molecule has 13 heavy (non-hydrogen) atoms. The van der Waals surface area contributed by atoms with E-state index in [1.54, 1.807) is 0 Å². The maximum absolute atomic E-state index is 9.44. The smallest absolute Gasteiger partial charge is 0.126 e. The summed E-state index contributed by atoms with van der Waals surface area (Å²) >= 11 is 0. The largest absolute Gasteiger partial charge is 0.300 e. The van der Waals surface area contributed by atoms with Gasteiger partial charge in [0.2, 0.25) is 0 Å². The van der Waals surface area contributed by atoms with Gasteiger partial charge in [0.1, 0.15) is 5.78 Å². The Kier molecular flexibility index (Phi) is 12.1. The molecule has 0 saturated carbocycles. The Labute approximate surface area is 81.8 Å². The molecule has 0 unspecified atom stereocenters. The Balaban J connectivity index is 0. The van der Waals surface area contributed by atoms with Crippen LogP contribution < -0.4 is 0 Å². The average molecular weight is 180 g/mol. The van der Waals surface area contributed by atoms with Gasteiger partial charge in [-0.3, -0.25) is 0 Å². The minimum absolute atomic E-state index is 0.167. The van der Waals surface area contributed by atoms with E-state index in [4.69, 9.17) is 0 Å². The Hall–Kier alpha value is -1.11. The van der Waals surface area contributed by atoms with Crippen molar-refractivity contribution >= 4 is 5.78 Å². The molecule has 1 aromatic rings. The summed E-state index contributed by atoms with van der Waals surface area (Å²) < 4.78 is 0. The van der Waals surface area contributed by atoms with Crippen LogP contribution in [0.5, 0.6) is 0 Å². The fraction of sp³-hybridized carbons (Fsp3) is 0.417. The standard InChI is InChI=1S/C7H8.C3H6O.C2H6/c1-7-5-3-2-4-6-7;1-3(2)4;1-2/h2-6H,1H3;1-2H3;1-2H3. The van der Waals surface area contributed by atoms with E-state index in [2.05, 4.69) is 19.1 Å². The summed E-state index contributed by atoms with van der Waals surface area (Å²) in [6.45, 7) is 9.14. The van der Waals surface area contributed by atoms with Crippen molar-refractivity contribution in [3.63, 3.8) is 0 Å². The molecular weight excluding hydrogens is 160 g/mol. The zero-order valence-electron chi connectivity index (χ0n) is 9.29. The summed E-state index contributed by atoms with van der Waals surface area (Å²) in [7, 11) is 0. The van der Waals surface area contributed by atoms with Gasteiger partial charge in [-0.25, -0.2) is 0 Å². The van der Waals surface area contributed by atoms with Gasteiger partial charge in [-0.15, -0.1) is 0 Å². The molecule has 0 amide bonds. The maximum Gasteiger partial charge on any atom is 0.126 e. The van der Waals surface area contributed by atoms with E-state index in [0.717, 1.165) is 0 Å². The highest BCUT2D eigenvalue weighted by Crippen LogP contribution is 1.92. The molecule has 0 bridgehead atoms. The summed E-state index contributed by atoms with van der Waals surface area (Å²) in [4.78, 5) is 9.44. The normalized spacial score (nSPS) is 7.15. The monoisotopic (exact) mass is 180 g/mol. The second-order valence-corrected chi connectivity index (χ2v) is 2.56. The summed E-state index contributed by atoms with van der Waals surface area (Å²) in [5.74, 6) is 0.167. The minimum atomic E-state index is 0.167. The van der Waals surface area contributed by atoms with Crippen LogP contribution in [0.2, 0.25) is 0 Å². The van der Waals surface area contributed by atoms with E-state index in [1.807, 2.05) is 32.0 Å². The summed E-state index contributed by atoms with van der Waals surface area (Å²) in [5, 5.41) is 0. The summed E-state index contributed by atoms with van der Waals surface area (Å²) in [5.41, 5.74) is 1.32. The van der Waals surface area contributed by atoms with Crippen molar-refractivity contribution in [2.45, 2.75) is 34.6 Å². The molecule has 0 radical (unpaired) electrons. The van der Waals surface area contributed by atoms with Crippen molar-refractivity contribution in [3.05, 3.63) is 35.9 Å². The van der Waals surface area contributed by atoms with E-state index >= 15 is 0 Å². The van der Waals surface area contributed by atoms with Crippen molar-refractivity contribution in [2.75, 3.05) is 0 Å². The lowest BCUT2D eigenvalue weighted by atomic mass is 10.2. The van der Waals surface area contributed by atoms with Gasteiger partial charge in [-0.1, -0.05) is 49.7 Å². The number of rotatable bonds is 0. The van der Waals surface area contributed by atoms with Crippen LogP contribution in [0.1, 0.15) is 33.3 Å². The van der Waals surface area contributed by atoms with E-state index < -0.39 is 0 Å². The van der Waals surface area contributed by atoms with Crippen molar-refractivity contribution in [1.29, 1.82) is 0 Å². The van der Waals surface area contributed by atoms with Gasteiger partial charge in [-0.2, -0.15) is 0 Å². The lowest BCUT2D eigenvalue weighted by Crippen LogP contribution is -1.69. The van der Waals surface area contributed by atoms with E-state index in [1.165, 1.54) is 19.4 Å². The second-order valence-electron chi connectivity index (χ2n) is 2.56. The van der Waals surface area contributed by atoms with Gasteiger partial charge in [-0.05, 0) is 20.8 Å². The fourth-order valence-electron chi connectivity index (χ4n) is 0.534. The molecule has 0 atom stereocenters. The number of benzene rings is 1. The SMILES string of the molecule is CC.CC(C)=O.Cc1ccccc1. The van der Waals surface area contributed by atoms with Crippen molar-refractivity contribution in [3.8, 4) is 0 Å². The molecule has 0 aliphatic heterocycles. The zero-order valence-corrected chi connectivity index (χ0v) is 9.29. The van der Waals surface area contributed by atoms with E-state index in [-0.39, 0.29) is 5.78 Å². The van der Waals surface area contributed by atoms with Crippen molar-refractivity contribution in [1.82, 2.24) is 0 Å². The molecule has 0 aliphatic carbocycles. The quantitative estimate of drug-likeness (QED) is 0.596. The third-order valence-corrected chi connectivity index (χ3v) is 0.940. The molecular formula is C12H20O. The molecule has 1 rings (SSSR count). The van der Waals surface area contributed by atoms with E-state index in [0.29, 0.717) is 0 Å². The highest BCUT2D eigenvalue weighted by molar-refractivity contribution is 5.72. The van der Waals surface area contributed by atoms with Gasteiger partial charge in [0, 0.05) is 0 Å². The van der Waals surface area contributed by atoms with Crippen molar-refractivity contribution in [2.24, 2.45) is 0 Å². The molecule has 1 nitrogen and oxygen atoms in total. The molecule has 74 valence electrons. The first-order valence-corrected chi connectivity index (χ1v) is 4.61. The Bertz CT molecular complexity index is 198. The molecule has 0 saturated heterocycles. The van der Waals surface area contributed by atoms with Gasteiger partial charge >= 0.3 is 0 Å². The lowest BCUT2D eigenvalue weighted by molar-refractivity contribution is -0.114. The summed E-state index contributed by atoms with van der Waals surface area (Å²) in [6, 6.07) is 10.3. The molecule has 1 heteroatoms. The van der Waals surface area contributed by atoms with Gasteiger partial charge < -0.3 is 4.79 Å². The van der Waals surface area contributed by atoms with Crippen LogP contribution in [-0.4, -0.2) is 5.78 Å². The fourth-order valence-corrected chi connectivity index (χ4v) is 0.534. The van der Waals surface area contributed by atoms with Gasteiger partial charge in [0.15, 0.2) is 0 Å². The number of Topliss-reactive ketones (excluding diaryl/α,β-unsaturated/α-hetero) is 1. The van der Waals surface area contributed by atoms with Crippen LogP contribution >= 0.6 is 0 Å². The van der Waals surface area contributed by atoms with Crippen LogP contribution in [0, 0.1) is 6.92 Å². The number of hydrogen-bond acceptors (Lipinski definition) is 1. The number of carbonyl (C=O) groups excluding carboxylic acids is 1. The van der Waals surface area contributed by atoms with Crippen LogP contribution in [-0.2, 0) is 4.79 Å². The maximum atomic E-state index is 9.44. The number of carbonyl (C=O) groups is 1. The van der Waals surface area contributed by atoms with Gasteiger partial charge in [0.25, 0.3) is 0 Å². The summed E-state index contributed by atoms with van der Waals surface area (Å²) in [6.07, 6.45) is 0. The Morgan fingerprint density at radius 2 is 1.31 bits per heavy atom. The van der Waals surface area contributed by atoms with Crippen LogP contribution in [0.4, 0.5) is 0 Å². The predicted octanol–water partition coefficient (Wildman–Crippen LogP) is 3.62. The third-order valence-electron chi connectivity index (χ3n) is 0.940. The molecule has 0 aromatic heterocycles. The molecule has 0 aliphatic rings. The third kappa shape index (κ3) is 18.1. The Morgan fingerprint density at radius 3 is 1.46 bits per heavy atom. The predicted molar refractivity (Wildman–Crippen MR) is 58.9 cm³/mol. The van der Waals surface area contributed by atoms with Crippen LogP contribution in [0.15, 0.2) is 30.3 Å². The van der Waals surface area contributed by atoms with Crippen LogP contribution in [0.3, 0.4) is 0 Å². The molecule has 0 fully saturated rings. The first-order chi connectivity index (χ1) is 6.13. The highest BCUT2D eigenvalue weighted by Gasteiger charge is 1.72. The first-order valence-electron chi connectivity index (χ1n) is 4.61. The molecule has 0 spiro atoms.